The fourth-order valence-corrected chi connectivity index (χ4v) is 3.67. The number of nitrogens with zero attached hydrogens (tertiary/aromatic N) is 1. The number of likely N-dealkylation sites (tertiary alicyclic amines) is 1. The maximum absolute atomic E-state index is 11.3. The minimum atomic E-state index is -0.0387. The van der Waals surface area contributed by atoms with Gasteiger partial charge >= 0.3 is 0 Å². The SMILES string of the molecule is CN1CCC(Sc2ccc3[nH]c(=O)ccc3c2)CC1. The first-order valence-electron chi connectivity index (χ1n) is 6.69. The number of hydrogen-bond donors (Lipinski definition) is 1. The van der Waals surface area contributed by atoms with E-state index in [0.717, 1.165) is 16.2 Å². The van der Waals surface area contributed by atoms with Gasteiger partial charge in [0.15, 0.2) is 0 Å². The first-order chi connectivity index (χ1) is 9.20. The molecule has 1 saturated heterocycles. The molecule has 3 nitrogen and oxygen atoms in total. The number of nitrogens with one attached hydrogen (secondary N) is 1. The van der Waals surface area contributed by atoms with Crippen LogP contribution in [0.1, 0.15) is 12.8 Å². The lowest BCUT2D eigenvalue weighted by Gasteiger charge is -2.28. The first kappa shape index (κ1) is 12.8. The Balaban J connectivity index is 1.78. The van der Waals surface area contributed by atoms with Crippen molar-refractivity contribution in [3.05, 3.63) is 40.7 Å². The van der Waals surface area contributed by atoms with E-state index in [1.165, 1.54) is 30.8 Å². The highest BCUT2D eigenvalue weighted by atomic mass is 32.2. The summed E-state index contributed by atoms with van der Waals surface area (Å²) in [5.41, 5.74) is 0.878. The van der Waals surface area contributed by atoms with Crippen molar-refractivity contribution < 1.29 is 0 Å². The molecular formula is C15H18N2OS. The number of aromatic amines is 1. The van der Waals surface area contributed by atoms with Gasteiger partial charge in [0.1, 0.15) is 0 Å². The Morgan fingerprint density at radius 2 is 2.00 bits per heavy atom. The Hall–Kier alpha value is -1.26. The summed E-state index contributed by atoms with van der Waals surface area (Å²) in [4.78, 5) is 17.8. The van der Waals surface area contributed by atoms with Crippen molar-refractivity contribution >= 4 is 22.7 Å². The van der Waals surface area contributed by atoms with Gasteiger partial charge in [-0.25, -0.2) is 0 Å². The van der Waals surface area contributed by atoms with Gasteiger partial charge in [-0.15, -0.1) is 11.8 Å². The third kappa shape index (κ3) is 3.01. The second-order valence-electron chi connectivity index (χ2n) is 5.19. The lowest BCUT2D eigenvalue weighted by molar-refractivity contribution is 0.282. The summed E-state index contributed by atoms with van der Waals surface area (Å²) in [5.74, 6) is 0. The van der Waals surface area contributed by atoms with Gasteiger partial charge in [-0.1, -0.05) is 0 Å². The molecule has 4 heteroatoms. The van der Waals surface area contributed by atoms with Crippen molar-refractivity contribution in [2.24, 2.45) is 0 Å². The Morgan fingerprint density at radius 3 is 2.79 bits per heavy atom. The van der Waals surface area contributed by atoms with Gasteiger partial charge in [0, 0.05) is 21.7 Å². The molecule has 19 heavy (non-hydrogen) atoms. The average Bonchev–Trinajstić information content (AvgIpc) is 2.42. The van der Waals surface area contributed by atoms with Crippen molar-refractivity contribution in [2.75, 3.05) is 20.1 Å². The van der Waals surface area contributed by atoms with Gasteiger partial charge in [0.25, 0.3) is 0 Å². The number of rotatable bonds is 2. The maximum Gasteiger partial charge on any atom is 0.248 e. The lowest BCUT2D eigenvalue weighted by atomic mass is 10.1. The van der Waals surface area contributed by atoms with E-state index >= 15 is 0 Å². The number of H-pyrrole nitrogens is 1. The molecule has 0 radical (unpaired) electrons. The number of benzene rings is 1. The van der Waals surface area contributed by atoms with Crippen molar-refractivity contribution in [1.82, 2.24) is 9.88 Å². The Labute approximate surface area is 117 Å². The Morgan fingerprint density at radius 1 is 1.21 bits per heavy atom. The molecule has 0 unspecified atom stereocenters. The second kappa shape index (κ2) is 5.39. The van der Waals surface area contributed by atoms with E-state index in [1.54, 1.807) is 6.07 Å². The second-order valence-corrected chi connectivity index (χ2v) is 6.57. The summed E-state index contributed by atoms with van der Waals surface area (Å²) in [7, 11) is 2.19. The molecule has 2 heterocycles. The van der Waals surface area contributed by atoms with E-state index in [4.69, 9.17) is 0 Å². The van der Waals surface area contributed by atoms with Crippen LogP contribution in [-0.2, 0) is 0 Å². The molecule has 1 aliphatic heterocycles. The fraction of sp³-hybridized carbons (Fsp3) is 0.400. The highest BCUT2D eigenvalue weighted by Crippen LogP contribution is 2.31. The zero-order valence-corrected chi connectivity index (χ0v) is 11.9. The zero-order chi connectivity index (χ0) is 13.2. The van der Waals surface area contributed by atoms with E-state index in [0.29, 0.717) is 0 Å². The van der Waals surface area contributed by atoms with Crippen LogP contribution in [0.5, 0.6) is 0 Å². The molecule has 0 saturated carbocycles. The maximum atomic E-state index is 11.3. The van der Waals surface area contributed by atoms with E-state index in [2.05, 4.69) is 29.1 Å². The monoisotopic (exact) mass is 274 g/mol. The van der Waals surface area contributed by atoms with Gasteiger partial charge in [-0.2, -0.15) is 0 Å². The number of hydrogen-bond acceptors (Lipinski definition) is 3. The van der Waals surface area contributed by atoms with Gasteiger partial charge in [-0.05, 0) is 62.6 Å². The molecule has 2 aromatic rings. The largest absolute Gasteiger partial charge is 0.322 e. The summed E-state index contributed by atoms with van der Waals surface area (Å²) in [6, 6.07) is 9.78. The van der Waals surface area contributed by atoms with Crippen LogP contribution in [0.2, 0.25) is 0 Å². The van der Waals surface area contributed by atoms with Crippen molar-refractivity contribution in [1.29, 1.82) is 0 Å². The third-order valence-electron chi connectivity index (χ3n) is 3.66. The van der Waals surface area contributed by atoms with E-state index in [9.17, 15) is 4.79 Å². The minimum Gasteiger partial charge on any atom is -0.322 e. The van der Waals surface area contributed by atoms with Crippen LogP contribution < -0.4 is 5.56 Å². The summed E-state index contributed by atoms with van der Waals surface area (Å²) < 4.78 is 0. The van der Waals surface area contributed by atoms with Gasteiger partial charge < -0.3 is 9.88 Å². The van der Waals surface area contributed by atoms with Crippen molar-refractivity contribution in [3.8, 4) is 0 Å². The predicted octanol–water partition coefficient (Wildman–Crippen LogP) is 2.71. The molecule has 3 rings (SSSR count). The van der Waals surface area contributed by atoms with Crippen LogP contribution in [0, 0.1) is 0 Å². The standard InChI is InChI=1S/C15H18N2OS/c1-17-8-6-12(7-9-17)19-13-3-4-14-11(10-13)2-5-15(18)16-14/h2-5,10,12H,6-9H2,1H3,(H,16,18). The summed E-state index contributed by atoms with van der Waals surface area (Å²) in [5, 5.41) is 1.83. The molecule has 1 aliphatic rings. The minimum absolute atomic E-state index is 0.0387. The van der Waals surface area contributed by atoms with Crippen LogP contribution >= 0.6 is 11.8 Å². The molecule has 0 amide bonds. The molecule has 100 valence electrons. The number of aromatic nitrogens is 1. The average molecular weight is 274 g/mol. The van der Waals surface area contributed by atoms with Crippen LogP contribution in [0.3, 0.4) is 0 Å². The number of pyridine rings is 1. The van der Waals surface area contributed by atoms with Crippen LogP contribution in [-0.4, -0.2) is 35.3 Å². The van der Waals surface area contributed by atoms with E-state index in [1.807, 2.05) is 23.9 Å². The van der Waals surface area contributed by atoms with E-state index in [-0.39, 0.29) is 5.56 Å². The molecular weight excluding hydrogens is 256 g/mol. The number of fused-ring (bicyclic) bond motifs is 1. The summed E-state index contributed by atoms with van der Waals surface area (Å²) in [6.07, 6.45) is 2.51. The Bertz CT molecular complexity index is 629. The zero-order valence-electron chi connectivity index (χ0n) is 11.1. The molecule has 1 N–H and O–H groups in total. The smallest absolute Gasteiger partial charge is 0.248 e. The van der Waals surface area contributed by atoms with Gasteiger partial charge in [0.05, 0.1) is 0 Å². The summed E-state index contributed by atoms with van der Waals surface area (Å²) in [6.45, 7) is 2.39. The first-order valence-corrected chi connectivity index (χ1v) is 7.57. The normalized spacial score (nSPS) is 17.9. The molecule has 1 fully saturated rings. The molecule has 0 bridgehead atoms. The van der Waals surface area contributed by atoms with Crippen LogP contribution in [0.15, 0.2) is 40.0 Å². The number of thioether (sulfide) groups is 1. The topological polar surface area (TPSA) is 36.1 Å². The van der Waals surface area contributed by atoms with Crippen molar-refractivity contribution in [3.63, 3.8) is 0 Å². The molecule has 1 aromatic carbocycles. The van der Waals surface area contributed by atoms with Crippen LogP contribution in [0.4, 0.5) is 0 Å². The van der Waals surface area contributed by atoms with Gasteiger partial charge in [0.2, 0.25) is 5.56 Å². The molecule has 0 spiro atoms. The lowest BCUT2D eigenvalue weighted by Crippen LogP contribution is -2.31. The molecule has 1 aromatic heterocycles. The quantitative estimate of drug-likeness (QED) is 0.914. The van der Waals surface area contributed by atoms with Crippen molar-refractivity contribution in [2.45, 2.75) is 23.0 Å². The highest BCUT2D eigenvalue weighted by Gasteiger charge is 2.17. The third-order valence-corrected chi connectivity index (χ3v) is 4.99. The highest BCUT2D eigenvalue weighted by molar-refractivity contribution is 8.00. The summed E-state index contributed by atoms with van der Waals surface area (Å²) >= 11 is 1.97. The number of piperidine rings is 1. The van der Waals surface area contributed by atoms with Crippen LogP contribution in [0.25, 0.3) is 10.9 Å². The van der Waals surface area contributed by atoms with Gasteiger partial charge in [-0.3, -0.25) is 4.79 Å². The van der Waals surface area contributed by atoms with E-state index < -0.39 is 0 Å². The molecule has 0 atom stereocenters. The Kier molecular flexibility index (Phi) is 3.62. The predicted molar refractivity (Wildman–Crippen MR) is 80.9 cm³/mol. The molecule has 0 aliphatic carbocycles. The fourth-order valence-electron chi connectivity index (χ4n) is 2.50.